The van der Waals surface area contributed by atoms with Crippen molar-refractivity contribution in [3.63, 3.8) is 0 Å². The van der Waals surface area contributed by atoms with Crippen molar-refractivity contribution in [3.05, 3.63) is 29.8 Å². The number of benzene rings is 1. The third-order valence-corrected chi connectivity index (χ3v) is 3.52. The number of hydrogen-bond donors (Lipinski definition) is 1. The van der Waals surface area contributed by atoms with Crippen LogP contribution in [-0.2, 0) is 6.54 Å². The summed E-state index contributed by atoms with van der Waals surface area (Å²) >= 11 is 0. The zero-order chi connectivity index (χ0) is 12.1. The topological polar surface area (TPSA) is 24.5 Å². The van der Waals surface area contributed by atoms with Crippen LogP contribution in [0.15, 0.2) is 24.3 Å². The quantitative estimate of drug-likeness (QED) is 0.909. The molecule has 1 saturated heterocycles. The Morgan fingerprint density at radius 1 is 1.22 bits per heavy atom. The molecule has 0 spiro atoms. The van der Waals surface area contributed by atoms with Crippen molar-refractivity contribution >= 4 is 12.4 Å². The van der Waals surface area contributed by atoms with E-state index in [-0.39, 0.29) is 12.4 Å². The second kappa shape index (κ2) is 7.62. The molecule has 0 aliphatic carbocycles. The standard InChI is InChI=1S/C14H22N2O.ClH/c1-16(13-7-9-15-10-8-13)11-12-3-5-14(17-2)6-4-12;/h3-6,13,15H,7-11H2,1-2H3;1H. The van der Waals surface area contributed by atoms with E-state index >= 15 is 0 Å². The van der Waals surface area contributed by atoms with E-state index in [1.165, 1.54) is 18.4 Å². The number of halogens is 1. The highest BCUT2D eigenvalue weighted by atomic mass is 35.5. The molecular weight excluding hydrogens is 248 g/mol. The van der Waals surface area contributed by atoms with Gasteiger partial charge in [0.15, 0.2) is 0 Å². The second-order valence-corrected chi connectivity index (χ2v) is 4.74. The summed E-state index contributed by atoms with van der Waals surface area (Å²) in [5.74, 6) is 0.929. The average molecular weight is 271 g/mol. The molecule has 0 radical (unpaired) electrons. The van der Waals surface area contributed by atoms with Gasteiger partial charge in [-0.1, -0.05) is 12.1 Å². The molecule has 1 aromatic rings. The molecule has 2 rings (SSSR count). The minimum atomic E-state index is 0. The maximum Gasteiger partial charge on any atom is 0.118 e. The van der Waals surface area contributed by atoms with Crippen LogP contribution in [0.1, 0.15) is 18.4 Å². The Hall–Kier alpha value is -0.770. The number of piperidine rings is 1. The van der Waals surface area contributed by atoms with E-state index in [1.54, 1.807) is 7.11 Å². The molecule has 1 aromatic carbocycles. The summed E-state index contributed by atoms with van der Waals surface area (Å²) in [5, 5.41) is 3.41. The number of nitrogens with one attached hydrogen (secondary N) is 1. The Labute approximate surface area is 116 Å². The fourth-order valence-electron chi connectivity index (χ4n) is 2.40. The molecule has 1 aliphatic heterocycles. The highest BCUT2D eigenvalue weighted by Crippen LogP contribution is 2.16. The van der Waals surface area contributed by atoms with Gasteiger partial charge in [0.1, 0.15) is 5.75 Å². The highest BCUT2D eigenvalue weighted by molar-refractivity contribution is 5.85. The molecule has 102 valence electrons. The molecule has 0 bridgehead atoms. The Bertz CT molecular complexity index is 336. The zero-order valence-corrected chi connectivity index (χ0v) is 12.0. The molecule has 0 aromatic heterocycles. The summed E-state index contributed by atoms with van der Waals surface area (Å²) in [6.45, 7) is 3.32. The first-order valence-corrected chi connectivity index (χ1v) is 6.33. The van der Waals surface area contributed by atoms with Gasteiger partial charge in [-0.25, -0.2) is 0 Å². The number of nitrogens with zero attached hydrogens (tertiary/aromatic N) is 1. The van der Waals surface area contributed by atoms with Crippen molar-refractivity contribution in [1.29, 1.82) is 0 Å². The number of methoxy groups -OCH3 is 1. The lowest BCUT2D eigenvalue weighted by Crippen LogP contribution is -2.40. The monoisotopic (exact) mass is 270 g/mol. The van der Waals surface area contributed by atoms with Crippen LogP contribution in [-0.4, -0.2) is 38.2 Å². The molecule has 0 unspecified atom stereocenters. The number of ether oxygens (including phenoxy) is 1. The van der Waals surface area contributed by atoms with E-state index in [2.05, 4.69) is 29.4 Å². The normalized spacial score (nSPS) is 16.4. The van der Waals surface area contributed by atoms with Crippen molar-refractivity contribution in [3.8, 4) is 5.75 Å². The molecule has 0 amide bonds. The van der Waals surface area contributed by atoms with Crippen LogP contribution in [0.3, 0.4) is 0 Å². The van der Waals surface area contributed by atoms with Crippen LogP contribution in [0.5, 0.6) is 5.75 Å². The lowest BCUT2D eigenvalue weighted by molar-refractivity contribution is 0.192. The summed E-state index contributed by atoms with van der Waals surface area (Å²) in [6, 6.07) is 9.09. The van der Waals surface area contributed by atoms with Crippen molar-refractivity contribution in [2.45, 2.75) is 25.4 Å². The minimum Gasteiger partial charge on any atom is -0.497 e. The van der Waals surface area contributed by atoms with Gasteiger partial charge in [-0.3, -0.25) is 4.90 Å². The predicted molar refractivity (Wildman–Crippen MR) is 77.6 cm³/mol. The SMILES string of the molecule is COc1ccc(CN(C)C2CCNCC2)cc1.Cl. The van der Waals surface area contributed by atoms with E-state index in [0.29, 0.717) is 0 Å². The van der Waals surface area contributed by atoms with Crippen LogP contribution in [0.25, 0.3) is 0 Å². The Morgan fingerprint density at radius 3 is 2.39 bits per heavy atom. The van der Waals surface area contributed by atoms with Crippen LogP contribution in [0.4, 0.5) is 0 Å². The third-order valence-electron chi connectivity index (χ3n) is 3.52. The minimum absolute atomic E-state index is 0. The van der Waals surface area contributed by atoms with Gasteiger partial charge in [-0.15, -0.1) is 12.4 Å². The van der Waals surface area contributed by atoms with Gasteiger partial charge < -0.3 is 10.1 Å². The molecule has 18 heavy (non-hydrogen) atoms. The second-order valence-electron chi connectivity index (χ2n) is 4.74. The lowest BCUT2D eigenvalue weighted by atomic mass is 10.0. The molecule has 0 atom stereocenters. The van der Waals surface area contributed by atoms with Crippen molar-refractivity contribution < 1.29 is 4.74 Å². The van der Waals surface area contributed by atoms with Gasteiger partial charge in [0.2, 0.25) is 0 Å². The summed E-state index contributed by atoms with van der Waals surface area (Å²) in [4.78, 5) is 2.46. The summed E-state index contributed by atoms with van der Waals surface area (Å²) < 4.78 is 5.17. The van der Waals surface area contributed by atoms with E-state index in [1.807, 2.05) is 12.1 Å². The molecule has 4 heteroatoms. The lowest BCUT2D eigenvalue weighted by Gasteiger charge is -2.31. The largest absolute Gasteiger partial charge is 0.497 e. The summed E-state index contributed by atoms with van der Waals surface area (Å²) in [7, 11) is 3.93. The van der Waals surface area contributed by atoms with Crippen molar-refractivity contribution in [2.75, 3.05) is 27.2 Å². The van der Waals surface area contributed by atoms with E-state index in [4.69, 9.17) is 4.74 Å². The third kappa shape index (κ3) is 4.16. The molecule has 1 N–H and O–H groups in total. The molecule has 3 nitrogen and oxygen atoms in total. The van der Waals surface area contributed by atoms with E-state index < -0.39 is 0 Å². The molecule has 1 aliphatic rings. The van der Waals surface area contributed by atoms with Crippen molar-refractivity contribution in [1.82, 2.24) is 10.2 Å². The molecular formula is C14H23ClN2O. The Kier molecular flexibility index (Phi) is 6.47. The summed E-state index contributed by atoms with van der Waals surface area (Å²) in [5.41, 5.74) is 1.35. The molecule has 0 saturated carbocycles. The number of hydrogen-bond acceptors (Lipinski definition) is 3. The zero-order valence-electron chi connectivity index (χ0n) is 11.2. The van der Waals surface area contributed by atoms with Crippen LogP contribution >= 0.6 is 12.4 Å². The van der Waals surface area contributed by atoms with Gasteiger partial charge in [0.25, 0.3) is 0 Å². The van der Waals surface area contributed by atoms with Crippen LogP contribution < -0.4 is 10.1 Å². The van der Waals surface area contributed by atoms with E-state index in [0.717, 1.165) is 31.4 Å². The van der Waals surface area contributed by atoms with Gasteiger partial charge in [-0.05, 0) is 50.7 Å². The fraction of sp³-hybridized carbons (Fsp3) is 0.571. The number of rotatable bonds is 4. The Balaban J connectivity index is 0.00000162. The first-order valence-electron chi connectivity index (χ1n) is 6.33. The van der Waals surface area contributed by atoms with Crippen LogP contribution in [0, 0.1) is 0 Å². The van der Waals surface area contributed by atoms with Gasteiger partial charge in [0.05, 0.1) is 7.11 Å². The van der Waals surface area contributed by atoms with Crippen molar-refractivity contribution in [2.24, 2.45) is 0 Å². The van der Waals surface area contributed by atoms with Gasteiger partial charge >= 0.3 is 0 Å². The highest BCUT2D eigenvalue weighted by Gasteiger charge is 2.17. The maximum atomic E-state index is 5.17. The van der Waals surface area contributed by atoms with Crippen LogP contribution in [0.2, 0.25) is 0 Å². The molecule has 1 fully saturated rings. The molecule has 1 heterocycles. The maximum absolute atomic E-state index is 5.17. The first-order chi connectivity index (χ1) is 8.29. The Morgan fingerprint density at radius 2 is 1.83 bits per heavy atom. The first kappa shape index (κ1) is 15.3. The smallest absolute Gasteiger partial charge is 0.118 e. The van der Waals surface area contributed by atoms with Gasteiger partial charge in [-0.2, -0.15) is 0 Å². The predicted octanol–water partition coefficient (Wildman–Crippen LogP) is 2.30. The summed E-state index contributed by atoms with van der Waals surface area (Å²) in [6.07, 6.45) is 2.51. The van der Waals surface area contributed by atoms with Gasteiger partial charge in [0, 0.05) is 12.6 Å². The van der Waals surface area contributed by atoms with E-state index in [9.17, 15) is 0 Å². The fourth-order valence-corrected chi connectivity index (χ4v) is 2.40. The average Bonchev–Trinajstić information content (AvgIpc) is 2.40.